The predicted molar refractivity (Wildman–Crippen MR) is 52.8 cm³/mol. The van der Waals surface area contributed by atoms with E-state index < -0.39 is 12.2 Å². The summed E-state index contributed by atoms with van der Waals surface area (Å²) in [5.74, 6) is 0. The van der Waals surface area contributed by atoms with E-state index in [1.54, 1.807) is 6.07 Å². The molecule has 13 heavy (non-hydrogen) atoms. The van der Waals surface area contributed by atoms with Crippen molar-refractivity contribution in [1.29, 1.82) is 0 Å². The minimum Gasteiger partial charge on any atom is -0.390 e. The molecule has 0 unspecified atom stereocenters. The molecule has 2 atom stereocenters. The van der Waals surface area contributed by atoms with Crippen molar-refractivity contribution in [1.82, 2.24) is 0 Å². The van der Waals surface area contributed by atoms with Crippen molar-refractivity contribution >= 4 is 11.6 Å². The SMILES string of the molecule is Cc1cccc(Cl)c1[C@@H](O)[C@@H](C)O. The second-order valence-corrected chi connectivity index (χ2v) is 3.56. The van der Waals surface area contributed by atoms with Gasteiger partial charge in [-0.05, 0) is 25.5 Å². The molecule has 2 nitrogen and oxygen atoms in total. The molecule has 0 aromatic heterocycles. The standard InChI is InChI=1S/C10H13ClO2/c1-6-4-3-5-8(11)9(6)10(13)7(2)12/h3-5,7,10,12-13H,1-2H3/t7-,10+/m1/s1. The van der Waals surface area contributed by atoms with Crippen LogP contribution in [-0.2, 0) is 0 Å². The van der Waals surface area contributed by atoms with Gasteiger partial charge in [-0.2, -0.15) is 0 Å². The van der Waals surface area contributed by atoms with E-state index in [4.69, 9.17) is 11.6 Å². The Bertz CT molecular complexity index is 277. The topological polar surface area (TPSA) is 40.5 Å². The van der Waals surface area contributed by atoms with Gasteiger partial charge in [-0.3, -0.25) is 0 Å². The number of hydrogen-bond donors (Lipinski definition) is 2. The molecule has 0 radical (unpaired) electrons. The Hall–Kier alpha value is -0.570. The minimum absolute atomic E-state index is 0.494. The van der Waals surface area contributed by atoms with Crippen LogP contribution >= 0.6 is 11.6 Å². The first-order chi connectivity index (χ1) is 6.04. The molecule has 0 saturated heterocycles. The molecule has 0 aliphatic heterocycles. The number of hydrogen-bond acceptors (Lipinski definition) is 2. The van der Waals surface area contributed by atoms with Crippen molar-refractivity contribution in [3.8, 4) is 0 Å². The zero-order chi connectivity index (χ0) is 10.0. The van der Waals surface area contributed by atoms with E-state index in [9.17, 15) is 10.2 Å². The summed E-state index contributed by atoms with van der Waals surface area (Å²) >= 11 is 5.90. The molecule has 0 saturated carbocycles. The smallest absolute Gasteiger partial charge is 0.106 e. The van der Waals surface area contributed by atoms with Crippen molar-refractivity contribution in [3.63, 3.8) is 0 Å². The molecule has 0 spiro atoms. The van der Waals surface area contributed by atoms with Crippen LogP contribution in [0, 0.1) is 6.92 Å². The Labute approximate surface area is 82.8 Å². The van der Waals surface area contributed by atoms with Gasteiger partial charge in [-0.25, -0.2) is 0 Å². The zero-order valence-electron chi connectivity index (χ0n) is 7.66. The fraction of sp³-hybridized carbons (Fsp3) is 0.400. The summed E-state index contributed by atoms with van der Waals surface area (Å²) in [5.41, 5.74) is 1.50. The van der Waals surface area contributed by atoms with Crippen LogP contribution in [0.25, 0.3) is 0 Å². The van der Waals surface area contributed by atoms with Gasteiger partial charge in [0.05, 0.1) is 6.10 Å². The largest absolute Gasteiger partial charge is 0.390 e. The fourth-order valence-electron chi connectivity index (χ4n) is 1.26. The number of halogens is 1. The third kappa shape index (κ3) is 2.21. The average molecular weight is 201 g/mol. The van der Waals surface area contributed by atoms with Gasteiger partial charge in [0.25, 0.3) is 0 Å². The molecule has 0 aliphatic carbocycles. The van der Waals surface area contributed by atoms with E-state index in [0.717, 1.165) is 5.56 Å². The van der Waals surface area contributed by atoms with E-state index >= 15 is 0 Å². The first kappa shape index (κ1) is 10.5. The number of aryl methyl sites for hydroxylation is 1. The quantitative estimate of drug-likeness (QED) is 0.768. The zero-order valence-corrected chi connectivity index (χ0v) is 8.42. The Morgan fingerprint density at radius 3 is 2.38 bits per heavy atom. The van der Waals surface area contributed by atoms with E-state index in [1.165, 1.54) is 6.92 Å². The third-order valence-corrected chi connectivity index (χ3v) is 2.35. The maximum Gasteiger partial charge on any atom is 0.106 e. The van der Waals surface area contributed by atoms with Crippen LogP contribution in [0.1, 0.15) is 24.2 Å². The van der Waals surface area contributed by atoms with Gasteiger partial charge in [0.15, 0.2) is 0 Å². The number of aliphatic hydroxyl groups is 2. The van der Waals surface area contributed by atoms with Gasteiger partial charge in [0.1, 0.15) is 6.10 Å². The van der Waals surface area contributed by atoms with Crippen molar-refractivity contribution in [2.24, 2.45) is 0 Å². The molecule has 3 heteroatoms. The number of benzene rings is 1. The van der Waals surface area contributed by atoms with E-state index in [0.29, 0.717) is 10.6 Å². The first-order valence-corrected chi connectivity index (χ1v) is 4.53. The van der Waals surface area contributed by atoms with Crippen LogP contribution in [0.2, 0.25) is 5.02 Å². The molecule has 2 N–H and O–H groups in total. The molecule has 72 valence electrons. The lowest BCUT2D eigenvalue weighted by Gasteiger charge is -2.17. The summed E-state index contributed by atoms with van der Waals surface area (Å²) in [7, 11) is 0. The van der Waals surface area contributed by atoms with Crippen LogP contribution in [0.15, 0.2) is 18.2 Å². The summed E-state index contributed by atoms with van der Waals surface area (Å²) in [5, 5.41) is 19.3. The lowest BCUT2D eigenvalue weighted by atomic mass is 10.0. The second kappa shape index (κ2) is 4.09. The van der Waals surface area contributed by atoms with Gasteiger partial charge in [0.2, 0.25) is 0 Å². The van der Waals surface area contributed by atoms with Crippen LogP contribution in [0.4, 0.5) is 0 Å². The summed E-state index contributed by atoms with van der Waals surface area (Å²) in [6.07, 6.45) is -1.72. The Balaban J connectivity index is 3.12. The maximum atomic E-state index is 9.62. The molecule has 1 aromatic carbocycles. The molecule has 1 rings (SSSR count). The maximum absolute atomic E-state index is 9.62. The first-order valence-electron chi connectivity index (χ1n) is 4.15. The highest BCUT2D eigenvalue weighted by atomic mass is 35.5. The fourth-order valence-corrected chi connectivity index (χ4v) is 1.59. The minimum atomic E-state index is -0.909. The van der Waals surface area contributed by atoms with E-state index in [1.807, 2.05) is 19.1 Å². The highest BCUT2D eigenvalue weighted by Crippen LogP contribution is 2.28. The molecule has 1 aromatic rings. The summed E-state index contributed by atoms with van der Waals surface area (Å²) in [6, 6.07) is 5.37. The Kier molecular flexibility index (Phi) is 3.31. The predicted octanol–water partition coefficient (Wildman–Crippen LogP) is 2.06. The second-order valence-electron chi connectivity index (χ2n) is 3.16. The van der Waals surface area contributed by atoms with Gasteiger partial charge < -0.3 is 10.2 Å². The number of rotatable bonds is 2. The van der Waals surface area contributed by atoms with E-state index in [2.05, 4.69) is 0 Å². The van der Waals surface area contributed by atoms with Crippen LogP contribution in [-0.4, -0.2) is 16.3 Å². The van der Waals surface area contributed by atoms with Gasteiger partial charge in [-0.15, -0.1) is 0 Å². The third-order valence-electron chi connectivity index (χ3n) is 2.02. The average Bonchev–Trinajstić information content (AvgIpc) is 2.03. The highest BCUT2D eigenvalue weighted by molar-refractivity contribution is 6.31. The molecule has 0 fully saturated rings. The Morgan fingerprint density at radius 2 is 1.92 bits per heavy atom. The molecule has 0 aliphatic rings. The summed E-state index contributed by atoms with van der Waals surface area (Å²) < 4.78 is 0. The monoisotopic (exact) mass is 200 g/mol. The molecular formula is C10H13ClO2. The molecule has 0 amide bonds. The van der Waals surface area contributed by atoms with Gasteiger partial charge >= 0.3 is 0 Å². The van der Waals surface area contributed by atoms with Crippen molar-refractivity contribution in [2.75, 3.05) is 0 Å². The van der Waals surface area contributed by atoms with Crippen LogP contribution < -0.4 is 0 Å². The normalized spacial score (nSPS) is 15.5. The molecule has 0 heterocycles. The van der Waals surface area contributed by atoms with Gasteiger partial charge in [-0.1, -0.05) is 23.7 Å². The van der Waals surface area contributed by atoms with E-state index in [-0.39, 0.29) is 0 Å². The lowest BCUT2D eigenvalue weighted by Crippen LogP contribution is -2.15. The highest BCUT2D eigenvalue weighted by Gasteiger charge is 2.18. The van der Waals surface area contributed by atoms with Crippen LogP contribution in [0.5, 0.6) is 0 Å². The summed E-state index contributed by atoms with van der Waals surface area (Å²) in [4.78, 5) is 0. The van der Waals surface area contributed by atoms with Crippen LogP contribution in [0.3, 0.4) is 0 Å². The molecular weight excluding hydrogens is 188 g/mol. The van der Waals surface area contributed by atoms with Crippen molar-refractivity contribution < 1.29 is 10.2 Å². The van der Waals surface area contributed by atoms with Gasteiger partial charge in [0, 0.05) is 10.6 Å². The summed E-state index contributed by atoms with van der Waals surface area (Å²) in [6.45, 7) is 3.39. The van der Waals surface area contributed by atoms with Crippen molar-refractivity contribution in [3.05, 3.63) is 34.3 Å². The van der Waals surface area contributed by atoms with Crippen molar-refractivity contribution in [2.45, 2.75) is 26.1 Å². The Morgan fingerprint density at radius 1 is 1.31 bits per heavy atom. The lowest BCUT2D eigenvalue weighted by molar-refractivity contribution is 0.0302. The molecule has 0 bridgehead atoms. The number of aliphatic hydroxyl groups excluding tert-OH is 2.